The van der Waals surface area contributed by atoms with Crippen molar-refractivity contribution in [2.45, 2.75) is 53.6 Å². The van der Waals surface area contributed by atoms with Gasteiger partial charge in [-0.3, -0.25) is 0 Å². The molecule has 0 aliphatic carbocycles. The molecule has 0 aliphatic heterocycles. The van der Waals surface area contributed by atoms with Crippen LogP contribution in [-0.2, 0) is 0 Å². The summed E-state index contributed by atoms with van der Waals surface area (Å²) in [6, 6.07) is 45.9. The van der Waals surface area contributed by atoms with Gasteiger partial charge in [-0.05, 0) is 74.2 Å². The molecule has 0 saturated heterocycles. The van der Waals surface area contributed by atoms with Gasteiger partial charge in [-0.15, -0.1) is 0 Å². The van der Waals surface area contributed by atoms with E-state index in [4.69, 9.17) is 0 Å². The second kappa shape index (κ2) is 13.3. The molecule has 0 radical (unpaired) electrons. The Balaban J connectivity index is 2.07. The van der Waals surface area contributed by atoms with E-state index in [1.807, 2.05) is 0 Å². The summed E-state index contributed by atoms with van der Waals surface area (Å²) in [6.07, 6.45) is 0. The summed E-state index contributed by atoms with van der Waals surface area (Å²) < 4.78 is 0. The number of hydrogen-bond acceptors (Lipinski definition) is 2. The fourth-order valence-corrected chi connectivity index (χ4v) is 16.8. The monoisotopic (exact) mass is 556 g/mol. The van der Waals surface area contributed by atoms with E-state index < -0.39 is 14.8 Å². The van der Waals surface area contributed by atoms with Gasteiger partial charge in [0.2, 0.25) is 5.90 Å². The third kappa shape index (κ3) is 6.70. The number of hydrogen-bond donors (Lipinski definition) is 2. The second-order valence-electron chi connectivity index (χ2n) is 11.4. The van der Waals surface area contributed by atoms with Gasteiger partial charge < -0.3 is 0 Å². The molecule has 2 nitrogen and oxygen atoms in total. The largest absolute Gasteiger partial charge is 0.210 e. The minimum absolute atomic E-state index is 0.356. The van der Waals surface area contributed by atoms with E-state index in [1.54, 1.807) is 0 Å². The van der Waals surface area contributed by atoms with Gasteiger partial charge in [0.25, 0.3) is 0 Å². The predicted molar refractivity (Wildman–Crippen MR) is 178 cm³/mol. The van der Waals surface area contributed by atoms with Crippen LogP contribution in [0.15, 0.2) is 121 Å². The highest BCUT2D eigenvalue weighted by molar-refractivity contribution is 8.02. The highest BCUT2D eigenvalue weighted by atomic mass is 31.2. The molecule has 2 N–H and O–H groups in total. The smallest absolute Gasteiger partial charge is 0.177 e. The van der Waals surface area contributed by atoms with Gasteiger partial charge in [0.15, 0.2) is 14.8 Å². The molecule has 0 aromatic heterocycles. The van der Waals surface area contributed by atoms with Gasteiger partial charge in [0, 0.05) is 12.1 Å². The molecule has 0 aliphatic rings. The van der Waals surface area contributed by atoms with Gasteiger partial charge >= 0.3 is 0 Å². The average molecular weight is 557 g/mol. The highest BCUT2D eigenvalue weighted by Gasteiger charge is 2.59. The molecule has 204 valence electrons. The van der Waals surface area contributed by atoms with Gasteiger partial charge in [-0.25, -0.2) is 0 Å². The van der Waals surface area contributed by atoms with Crippen molar-refractivity contribution in [2.24, 2.45) is 11.8 Å². The molecule has 2 atom stereocenters. The van der Waals surface area contributed by atoms with E-state index in [0.717, 1.165) is 5.90 Å². The van der Waals surface area contributed by atoms with Gasteiger partial charge in [-0.2, -0.15) is 10.2 Å². The van der Waals surface area contributed by atoms with Crippen LogP contribution in [0.2, 0.25) is 0 Å². The van der Waals surface area contributed by atoms with Crippen LogP contribution in [0.25, 0.3) is 0 Å². The first kappa shape index (κ1) is 29.6. The van der Waals surface area contributed by atoms with E-state index in [9.17, 15) is 0 Å². The molecule has 0 saturated carbocycles. The summed E-state index contributed by atoms with van der Waals surface area (Å²) in [5, 5.41) is 14.4. The Bertz CT molecular complexity index is 1080. The van der Waals surface area contributed by atoms with E-state index in [1.165, 1.54) is 21.2 Å². The van der Waals surface area contributed by atoms with Crippen LogP contribution in [0, 0.1) is 11.8 Å². The molecule has 39 heavy (non-hydrogen) atoms. The fourth-order valence-electron chi connectivity index (χ4n) is 5.05. The summed E-state index contributed by atoms with van der Waals surface area (Å²) in [5.74, 6) is 2.05. The maximum atomic E-state index is 4.36. The Kier molecular flexibility index (Phi) is 10.1. The third-order valence-electron chi connectivity index (χ3n) is 8.06. The van der Waals surface area contributed by atoms with Crippen LogP contribution in [0.3, 0.4) is 0 Å². The highest BCUT2D eigenvalue weighted by Crippen LogP contribution is 2.69. The van der Waals surface area contributed by atoms with Gasteiger partial charge in [0.1, 0.15) is 21.2 Å². The Morgan fingerprint density at radius 1 is 0.410 bits per heavy atom. The molecular formula is C35H46N2P2+2. The van der Waals surface area contributed by atoms with Crippen molar-refractivity contribution in [3.63, 3.8) is 0 Å². The Labute approximate surface area is 238 Å². The van der Waals surface area contributed by atoms with Crippen molar-refractivity contribution in [2.75, 3.05) is 5.90 Å². The number of rotatable bonds is 12. The maximum Gasteiger partial charge on any atom is 0.210 e. The molecule has 0 spiro atoms. The van der Waals surface area contributed by atoms with E-state index in [2.05, 4.69) is 173 Å². The molecule has 0 amide bonds. The van der Waals surface area contributed by atoms with Crippen LogP contribution >= 0.6 is 14.8 Å². The SMILES string of the molecule is CC(C)[C@H](C)N[P+](C[P+](N[C@@H](C)C(C)C)(c1ccccc1)c1ccccc1)(c1ccccc1)c1ccccc1. The molecule has 4 rings (SSSR count). The molecule has 0 bridgehead atoms. The Morgan fingerprint density at radius 3 is 0.846 bits per heavy atom. The van der Waals surface area contributed by atoms with Crippen molar-refractivity contribution in [3.8, 4) is 0 Å². The Morgan fingerprint density at radius 2 is 0.641 bits per heavy atom. The lowest BCUT2D eigenvalue weighted by atomic mass is 10.1. The lowest BCUT2D eigenvalue weighted by molar-refractivity contribution is 0.495. The van der Waals surface area contributed by atoms with Gasteiger partial charge in [-0.1, -0.05) is 100 Å². The molecule has 0 heterocycles. The van der Waals surface area contributed by atoms with Crippen molar-refractivity contribution in [1.82, 2.24) is 10.2 Å². The van der Waals surface area contributed by atoms with Crippen LogP contribution < -0.4 is 31.4 Å². The van der Waals surface area contributed by atoms with Crippen molar-refractivity contribution >= 4 is 36.0 Å². The minimum Gasteiger partial charge on any atom is -0.177 e. The van der Waals surface area contributed by atoms with Crippen LogP contribution in [0.4, 0.5) is 0 Å². The van der Waals surface area contributed by atoms with E-state index in [-0.39, 0.29) is 0 Å². The molecule has 4 heteroatoms. The maximum absolute atomic E-state index is 4.36. The summed E-state index contributed by atoms with van der Waals surface area (Å²) in [7, 11) is -4.23. The van der Waals surface area contributed by atoms with Crippen LogP contribution in [0.5, 0.6) is 0 Å². The van der Waals surface area contributed by atoms with Crippen LogP contribution in [0.1, 0.15) is 41.5 Å². The fraction of sp³-hybridized carbons (Fsp3) is 0.314. The summed E-state index contributed by atoms with van der Waals surface area (Å²) in [5.41, 5.74) is 0. The lowest BCUT2D eigenvalue weighted by Crippen LogP contribution is -2.48. The first-order valence-electron chi connectivity index (χ1n) is 14.3. The van der Waals surface area contributed by atoms with Crippen molar-refractivity contribution < 1.29 is 0 Å². The van der Waals surface area contributed by atoms with Crippen molar-refractivity contribution in [3.05, 3.63) is 121 Å². The molecule has 4 aromatic carbocycles. The minimum atomic E-state index is -2.11. The number of benzene rings is 4. The zero-order valence-electron chi connectivity index (χ0n) is 24.5. The zero-order chi connectivity index (χ0) is 27.9. The summed E-state index contributed by atoms with van der Waals surface area (Å²) in [6.45, 7) is 14.0. The lowest BCUT2D eigenvalue weighted by Gasteiger charge is -2.38. The quantitative estimate of drug-likeness (QED) is 0.178. The Hall–Kier alpha value is -2.34. The summed E-state index contributed by atoms with van der Waals surface area (Å²) in [4.78, 5) is 0. The topological polar surface area (TPSA) is 24.1 Å². The van der Waals surface area contributed by atoms with Gasteiger partial charge in [0.05, 0.1) is 0 Å². The first-order valence-corrected chi connectivity index (χ1v) is 18.3. The molecule has 0 fully saturated rings. The molecule has 0 unspecified atom stereocenters. The molecular weight excluding hydrogens is 510 g/mol. The average Bonchev–Trinajstić information content (AvgIpc) is 2.98. The normalized spacial score (nSPS) is 13.9. The van der Waals surface area contributed by atoms with Crippen molar-refractivity contribution in [1.29, 1.82) is 0 Å². The van der Waals surface area contributed by atoms with E-state index in [0.29, 0.717) is 23.9 Å². The zero-order valence-corrected chi connectivity index (χ0v) is 26.2. The summed E-state index contributed by atoms with van der Waals surface area (Å²) >= 11 is 0. The predicted octanol–water partition coefficient (Wildman–Crippen LogP) is 7.38. The van der Waals surface area contributed by atoms with Crippen LogP contribution in [-0.4, -0.2) is 18.0 Å². The third-order valence-corrected chi connectivity index (χ3v) is 17.9. The standard InChI is InChI=1S/C35H46N2P2/c1-28(2)30(5)36-38(32-19-11-7-12-20-32,33-21-13-8-14-22-33)27-39(37-31(6)29(3)4,34-23-15-9-16-24-34)35-25-17-10-18-26-35/h7-26,28-31,36-37H,27H2,1-6H3/q+2/t30-,31-/m0/s1. The molecule has 4 aromatic rings. The van der Waals surface area contributed by atoms with E-state index >= 15 is 0 Å². The second-order valence-corrected chi connectivity index (χ2v) is 18.4. The number of nitrogens with one attached hydrogen (secondary N) is 2. The first-order chi connectivity index (χ1) is 18.8.